The molecule has 90 valence electrons. The minimum Gasteiger partial charge on any atom is -0.480 e. The van der Waals surface area contributed by atoms with Crippen LogP contribution in [0.3, 0.4) is 0 Å². The predicted molar refractivity (Wildman–Crippen MR) is 62.8 cm³/mol. The van der Waals surface area contributed by atoms with Crippen molar-refractivity contribution in [2.24, 2.45) is 0 Å². The van der Waals surface area contributed by atoms with Crippen molar-refractivity contribution in [2.45, 2.75) is 6.92 Å². The van der Waals surface area contributed by atoms with E-state index in [2.05, 4.69) is 10.1 Å². The molecule has 0 bridgehead atoms. The van der Waals surface area contributed by atoms with E-state index in [1.807, 2.05) is 6.07 Å². The monoisotopic (exact) mass is 242 g/mol. The quantitative estimate of drug-likeness (QED) is 0.757. The number of nitrogens with zero attached hydrogens (tertiary/aromatic N) is 4. The van der Waals surface area contributed by atoms with Gasteiger partial charge in [0.15, 0.2) is 12.1 Å². The zero-order chi connectivity index (χ0) is 13.1. The predicted octanol–water partition coefficient (Wildman–Crippen LogP) is 1.27. The number of rotatable bonds is 3. The number of pyridine rings is 1. The molecule has 0 aliphatic carbocycles. The van der Waals surface area contributed by atoms with E-state index in [1.54, 1.807) is 19.2 Å². The smallest absolute Gasteiger partial charge is 0.233 e. The molecule has 0 saturated heterocycles. The van der Waals surface area contributed by atoms with Gasteiger partial charge in [0.1, 0.15) is 11.6 Å². The zero-order valence-corrected chi connectivity index (χ0v) is 9.91. The summed E-state index contributed by atoms with van der Waals surface area (Å²) in [7, 11) is 1.45. The zero-order valence-electron chi connectivity index (χ0n) is 9.91. The summed E-state index contributed by atoms with van der Waals surface area (Å²) in [4.78, 5) is 14.8. The summed E-state index contributed by atoms with van der Waals surface area (Å²) in [6.45, 7) is 1.79. The standard InChI is InChI=1S/C12H10N4O2/c1-8-3-11(15-12(18-2)10(8)4-13)16-6-9(7-17)5-14-16/h3,5-7H,1-2H3. The number of hydrogen-bond acceptors (Lipinski definition) is 5. The molecule has 0 aliphatic heterocycles. The van der Waals surface area contributed by atoms with Crippen LogP contribution in [-0.4, -0.2) is 28.2 Å². The van der Waals surface area contributed by atoms with Crippen LogP contribution < -0.4 is 4.74 Å². The highest BCUT2D eigenvalue weighted by Crippen LogP contribution is 2.21. The van der Waals surface area contributed by atoms with Crippen LogP contribution in [0.5, 0.6) is 5.88 Å². The highest BCUT2D eigenvalue weighted by Gasteiger charge is 2.11. The minimum atomic E-state index is 0.246. The summed E-state index contributed by atoms with van der Waals surface area (Å²) < 4.78 is 6.53. The van der Waals surface area contributed by atoms with Gasteiger partial charge >= 0.3 is 0 Å². The lowest BCUT2D eigenvalue weighted by atomic mass is 10.1. The molecule has 2 rings (SSSR count). The van der Waals surface area contributed by atoms with Crippen molar-refractivity contribution in [2.75, 3.05) is 7.11 Å². The maximum absolute atomic E-state index is 10.6. The van der Waals surface area contributed by atoms with Crippen LogP contribution in [0.15, 0.2) is 18.5 Å². The highest BCUT2D eigenvalue weighted by molar-refractivity contribution is 5.73. The molecular formula is C12H10N4O2. The third kappa shape index (κ3) is 1.94. The molecule has 2 aromatic heterocycles. The molecule has 0 aromatic carbocycles. The summed E-state index contributed by atoms with van der Waals surface area (Å²) >= 11 is 0. The third-order valence-corrected chi connectivity index (χ3v) is 2.45. The van der Waals surface area contributed by atoms with E-state index in [0.29, 0.717) is 23.2 Å². The first-order chi connectivity index (χ1) is 8.69. The maximum Gasteiger partial charge on any atom is 0.233 e. The molecule has 0 fully saturated rings. The molecular weight excluding hydrogens is 232 g/mol. The van der Waals surface area contributed by atoms with Crippen LogP contribution in [0.4, 0.5) is 0 Å². The lowest BCUT2D eigenvalue weighted by molar-refractivity contribution is 0.112. The summed E-state index contributed by atoms with van der Waals surface area (Å²) in [6, 6.07) is 3.75. The number of hydrogen-bond donors (Lipinski definition) is 0. The van der Waals surface area contributed by atoms with Gasteiger partial charge in [0.2, 0.25) is 5.88 Å². The van der Waals surface area contributed by atoms with Crippen LogP contribution in [-0.2, 0) is 0 Å². The average molecular weight is 242 g/mol. The van der Waals surface area contributed by atoms with Gasteiger partial charge < -0.3 is 4.74 Å². The van der Waals surface area contributed by atoms with Gasteiger partial charge in [-0.25, -0.2) is 4.68 Å². The fourth-order valence-electron chi connectivity index (χ4n) is 1.55. The number of aryl methyl sites for hydroxylation is 1. The number of nitriles is 1. The summed E-state index contributed by atoms with van der Waals surface area (Å²) in [5, 5.41) is 13.0. The SMILES string of the molecule is COc1nc(-n2cc(C=O)cn2)cc(C)c1C#N. The van der Waals surface area contributed by atoms with Crippen molar-refractivity contribution in [1.29, 1.82) is 5.26 Å². The Bertz CT molecular complexity index is 640. The fraction of sp³-hybridized carbons (Fsp3) is 0.167. The molecule has 0 spiro atoms. The molecule has 0 unspecified atom stereocenters. The van der Waals surface area contributed by atoms with E-state index in [1.165, 1.54) is 18.0 Å². The van der Waals surface area contributed by atoms with Gasteiger partial charge in [-0.2, -0.15) is 15.3 Å². The third-order valence-electron chi connectivity index (χ3n) is 2.45. The average Bonchev–Trinajstić information content (AvgIpc) is 2.86. The molecule has 18 heavy (non-hydrogen) atoms. The van der Waals surface area contributed by atoms with Crippen LogP contribution in [0.25, 0.3) is 5.82 Å². The molecule has 0 atom stereocenters. The summed E-state index contributed by atoms with van der Waals surface area (Å²) in [5.41, 5.74) is 1.59. The Labute approximate surface area is 103 Å². The molecule has 2 aromatic rings. The highest BCUT2D eigenvalue weighted by atomic mass is 16.5. The molecule has 6 heteroatoms. The largest absolute Gasteiger partial charge is 0.480 e. The van der Waals surface area contributed by atoms with Gasteiger partial charge in [0.25, 0.3) is 0 Å². The summed E-state index contributed by atoms with van der Waals surface area (Å²) in [5.74, 6) is 0.743. The van der Waals surface area contributed by atoms with Crippen LogP contribution in [0, 0.1) is 18.3 Å². The molecule has 0 aliphatic rings. The Balaban J connectivity index is 2.56. The van der Waals surface area contributed by atoms with E-state index >= 15 is 0 Å². The Hall–Kier alpha value is -2.68. The number of methoxy groups -OCH3 is 1. The van der Waals surface area contributed by atoms with Crippen molar-refractivity contribution >= 4 is 6.29 Å². The first kappa shape index (κ1) is 11.8. The summed E-state index contributed by atoms with van der Waals surface area (Å²) in [6.07, 6.45) is 3.70. The molecule has 2 heterocycles. The second-order valence-electron chi connectivity index (χ2n) is 3.63. The number of carbonyl (C=O) groups excluding carboxylic acids is 1. The van der Waals surface area contributed by atoms with Gasteiger partial charge in [0, 0.05) is 6.20 Å². The molecule has 0 radical (unpaired) electrons. The van der Waals surface area contributed by atoms with Gasteiger partial charge in [-0.05, 0) is 18.6 Å². The minimum absolute atomic E-state index is 0.246. The molecule has 6 nitrogen and oxygen atoms in total. The van der Waals surface area contributed by atoms with Crippen LogP contribution >= 0.6 is 0 Å². The Morgan fingerprint density at radius 2 is 2.33 bits per heavy atom. The van der Waals surface area contributed by atoms with E-state index < -0.39 is 0 Å². The van der Waals surface area contributed by atoms with Crippen molar-refractivity contribution in [3.05, 3.63) is 35.2 Å². The molecule has 0 amide bonds. The first-order valence-corrected chi connectivity index (χ1v) is 5.15. The van der Waals surface area contributed by atoms with E-state index in [-0.39, 0.29) is 5.88 Å². The van der Waals surface area contributed by atoms with E-state index in [0.717, 1.165) is 5.56 Å². The second-order valence-corrected chi connectivity index (χ2v) is 3.63. The van der Waals surface area contributed by atoms with E-state index in [4.69, 9.17) is 10.00 Å². The van der Waals surface area contributed by atoms with Gasteiger partial charge in [-0.15, -0.1) is 0 Å². The normalized spacial score (nSPS) is 9.83. The lowest BCUT2D eigenvalue weighted by Gasteiger charge is -2.07. The van der Waals surface area contributed by atoms with Gasteiger partial charge in [-0.3, -0.25) is 4.79 Å². The van der Waals surface area contributed by atoms with Crippen molar-refractivity contribution in [1.82, 2.24) is 14.8 Å². The topological polar surface area (TPSA) is 80.8 Å². The van der Waals surface area contributed by atoms with E-state index in [9.17, 15) is 4.79 Å². The van der Waals surface area contributed by atoms with Crippen LogP contribution in [0.2, 0.25) is 0 Å². The Morgan fingerprint density at radius 1 is 1.56 bits per heavy atom. The van der Waals surface area contributed by atoms with Crippen molar-refractivity contribution < 1.29 is 9.53 Å². The number of aromatic nitrogens is 3. The lowest BCUT2D eigenvalue weighted by Crippen LogP contribution is -2.03. The van der Waals surface area contributed by atoms with Crippen molar-refractivity contribution in [3.8, 4) is 17.8 Å². The van der Waals surface area contributed by atoms with Crippen molar-refractivity contribution in [3.63, 3.8) is 0 Å². The molecule has 0 N–H and O–H groups in total. The Kier molecular flexibility index (Phi) is 3.06. The molecule has 0 saturated carbocycles. The fourth-order valence-corrected chi connectivity index (χ4v) is 1.55. The van der Waals surface area contributed by atoms with Gasteiger partial charge in [0.05, 0.1) is 18.9 Å². The Morgan fingerprint density at radius 3 is 2.89 bits per heavy atom. The maximum atomic E-state index is 10.6. The number of ether oxygens (including phenoxy) is 1. The van der Waals surface area contributed by atoms with Crippen LogP contribution in [0.1, 0.15) is 21.5 Å². The number of carbonyl (C=O) groups is 1. The number of aldehydes is 1. The first-order valence-electron chi connectivity index (χ1n) is 5.15. The van der Waals surface area contributed by atoms with Gasteiger partial charge in [-0.1, -0.05) is 0 Å². The second kappa shape index (κ2) is 4.67.